The van der Waals surface area contributed by atoms with E-state index >= 15 is 0 Å². The Kier molecular flexibility index (Phi) is 7.13. The van der Waals surface area contributed by atoms with Gasteiger partial charge in [-0.05, 0) is 49.3 Å². The van der Waals surface area contributed by atoms with E-state index in [1.165, 1.54) is 4.90 Å². The maximum Gasteiger partial charge on any atom is 0.166 e. The summed E-state index contributed by atoms with van der Waals surface area (Å²) in [6.07, 6.45) is 2.62. The Morgan fingerprint density at radius 1 is 1.35 bits per heavy atom. The molecule has 1 aliphatic heterocycles. The lowest BCUT2D eigenvalue weighted by atomic mass is 10.2. The summed E-state index contributed by atoms with van der Waals surface area (Å²) in [4.78, 5) is 1.27. The number of thiocarbonyl (C=S) groups is 1. The van der Waals surface area contributed by atoms with E-state index in [-0.39, 0.29) is 0 Å². The third-order valence-electron chi connectivity index (χ3n) is 2.98. The highest BCUT2D eigenvalue weighted by Crippen LogP contribution is 2.19. The maximum absolute atomic E-state index is 5.54. The van der Waals surface area contributed by atoms with Gasteiger partial charge in [-0.1, -0.05) is 15.9 Å². The molecule has 0 amide bonds. The molecule has 0 bridgehead atoms. The van der Waals surface area contributed by atoms with Gasteiger partial charge in [-0.2, -0.15) is 0 Å². The number of hydrogen-bond donors (Lipinski definition) is 2. The fraction of sp³-hybridized carbons (Fsp3) is 0.500. The lowest BCUT2D eigenvalue weighted by molar-refractivity contribution is 0.114. The molecule has 2 rings (SSSR count). The number of nitrogens with one attached hydrogen (secondary N) is 2. The topological polar surface area (TPSA) is 33.3 Å². The van der Waals surface area contributed by atoms with Crippen LogP contribution in [0.25, 0.3) is 0 Å². The average molecular weight is 375 g/mol. The van der Waals surface area contributed by atoms with Crippen molar-refractivity contribution in [3.8, 4) is 0 Å². The Labute approximate surface area is 138 Å². The molecule has 1 fully saturated rings. The SMILES string of the molecule is S=C(NCCSc1ccc(Br)cc1)NC[C@H]1CCCO1. The lowest BCUT2D eigenvalue weighted by Gasteiger charge is -2.13. The van der Waals surface area contributed by atoms with Gasteiger partial charge in [-0.25, -0.2) is 0 Å². The summed E-state index contributed by atoms with van der Waals surface area (Å²) < 4.78 is 6.65. The smallest absolute Gasteiger partial charge is 0.166 e. The van der Waals surface area contributed by atoms with Crippen LogP contribution in [0.15, 0.2) is 33.6 Å². The average Bonchev–Trinajstić information content (AvgIpc) is 2.96. The second-order valence-corrected chi connectivity index (χ2v) is 7.07. The number of halogens is 1. The largest absolute Gasteiger partial charge is 0.376 e. The molecule has 0 radical (unpaired) electrons. The van der Waals surface area contributed by atoms with Gasteiger partial charge in [0, 0.05) is 34.8 Å². The highest BCUT2D eigenvalue weighted by atomic mass is 79.9. The van der Waals surface area contributed by atoms with E-state index in [2.05, 4.69) is 50.8 Å². The van der Waals surface area contributed by atoms with E-state index in [4.69, 9.17) is 17.0 Å². The van der Waals surface area contributed by atoms with Crippen molar-refractivity contribution >= 4 is 45.0 Å². The van der Waals surface area contributed by atoms with Gasteiger partial charge in [0.05, 0.1) is 6.10 Å². The normalized spacial score (nSPS) is 17.9. The number of ether oxygens (including phenoxy) is 1. The first-order chi connectivity index (χ1) is 9.74. The zero-order chi connectivity index (χ0) is 14.2. The second kappa shape index (κ2) is 8.87. The first-order valence-corrected chi connectivity index (χ1v) is 8.94. The molecular formula is C14H19BrN2OS2. The molecule has 6 heteroatoms. The molecule has 1 aromatic carbocycles. The zero-order valence-electron chi connectivity index (χ0n) is 11.2. The van der Waals surface area contributed by atoms with Crippen molar-refractivity contribution in [2.45, 2.75) is 23.8 Å². The summed E-state index contributed by atoms with van der Waals surface area (Å²) in [6, 6.07) is 8.35. The molecule has 110 valence electrons. The van der Waals surface area contributed by atoms with Crippen LogP contribution in [0.3, 0.4) is 0 Å². The van der Waals surface area contributed by atoms with E-state index in [0.29, 0.717) is 6.10 Å². The Balaban J connectivity index is 1.53. The van der Waals surface area contributed by atoms with Crippen molar-refractivity contribution in [3.63, 3.8) is 0 Å². The summed E-state index contributed by atoms with van der Waals surface area (Å²) >= 11 is 10.5. The minimum Gasteiger partial charge on any atom is -0.376 e. The third-order valence-corrected chi connectivity index (χ3v) is 4.82. The summed E-state index contributed by atoms with van der Waals surface area (Å²) in [5.41, 5.74) is 0. The second-order valence-electron chi connectivity index (χ2n) is 4.57. The van der Waals surface area contributed by atoms with Crippen molar-refractivity contribution in [1.82, 2.24) is 10.6 Å². The lowest BCUT2D eigenvalue weighted by Crippen LogP contribution is -2.40. The van der Waals surface area contributed by atoms with Gasteiger partial charge in [-0.3, -0.25) is 0 Å². The summed E-state index contributed by atoms with van der Waals surface area (Å²) in [7, 11) is 0. The van der Waals surface area contributed by atoms with Gasteiger partial charge in [-0.15, -0.1) is 11.8 Å². The van der Waals surface area contributed by atoms with E-state index < -0.39 is 0 Å². The monoisotopic (exact) mass is 374 g/mol. The predicted octanol–water partition coefficient (Wildman–Crippen LogP) is 3.18. The van der Waals surface area contributed by atoms with E-state index in [9.17, 15) is 0 Å². The fourth-order valence-electron chi connectivity index (χ4n) is 1.94. The number of thioether (sulfide) groups is 1. The number of benzene rings is 1. The van der Waals surface area contributed by atoms with Crippen LogP contribution >= 0.6 is 39.9 Å². The molecule has 1 heterocycles. The molecular weight excluding hydrogens is 356 g/mol. The van der Waals surface area contributed by atoms with Crippen LogP contribution in [0, 0.1) is 0 Å². The van der Waals surface area contributed by atoms with Crippen molar-refractivity contribution in [2.75, 3.05) is 25.4 Å². The van der Waals surface area contributed by atoms with Gasteiger partial charge in [0.25, 0.3) is 0 Å². The quantitative estimate of drug-likeness (QED) is 0.454. The molecule has 1 aromatic rings. The minimum atomic E-state index is 0.326. The van der Waals surface area contributed by atoms with Crippen LogP contribution in [0.2, 0.25) is 0 Å². The highest BCUT2D eigenvalue weighted by Gasteiger charge is 2.14. The van der Waals surface area contributed by atoms with Gasteiger partial charge >= 0.3 is 0 Å². The molecule has 0 aliphatic carbocycles. The van der Waals surface area contributed by atoms with Gasteiger partial charge in [0.2, 0.25) is 0 Å². The fourth-order valence-corrected chi connectivity index (χ4v) is 3.16. The molecule has 1 aliphatic rings. The molecule has 1 atom stereocenters. The summed E-state index contributed by atoms with van der Waals surface area (Å²) in [5, 5.41) is 7.15. The number of rotatable bonds is 6. The summed E-state index contributed by atoms with van der Waals surface area (Å²) in [6.45, 7) is 2.56. The molecule has 0 spiro atoms. The predicted molar refractivity (Wildman–Crippen MR) is 92.4 cm³/mol. The Morgan fingerprint density at radius 3 is 2.85 bits per heavy atom. The van der Waals surface area contributed by atoms with Crippen LogP contribution < -0.4 is 10.6 Å². The Morgan fingerprint density at radius 2 is 2.15 bits per heavy atom. The summed E-state index contributed by atoms with van der Waals surface area (Å²) in [5.74, 6) is 0.989. The minimum absolute atomic E-state index is 0.326. The van der Waals surface area contributed by atoms with E-state index in [0.717, 1.165) is 47.9 Å². The van der Waals surface area contributed by atoms with E-state index in [1.54, 1.807) is 0 Å². The highest BCUT2D eigenvalue weighted by molar-refractivity contribution is 9.10. The van der Waals surface area contributed by atoms with Crippen molar-refractivity contribution in [1.29, 1.82) is 0 Å². The standard InChI is InChI=1S/C14H19BrN2OS2/c15-11-3-5-13(6-4-11)20-9-7-16-14(19)17-10-12-2-1-8-18-12/h3-6,12H,1-2,7-10H2,(H2,16,17,19)/t12-/m1/s1. The Bertz CT molecular complexity index is 422. The van der Waals surface area contributed by atoms with Crippen molar-refractivity contribution in [3.05, 3.63) is 28.7 Å². The van der Waals surface area contributed by atoms with Crippen LogP contribution in [0.5, 0.6) is 0 Å². The van der Waals surface area contributed by atoms with Gasteiger partial charge < -0.3 is 15.4 Å². The van der Waals surface area contributed by atoms with E-state index in [1.807, 2.05) is 11.8 Å². The Hall–Kier alpha value is -0.300. The molecule has 1 saturated heterocycles. The molecule has 0 aromatic heterocycles. The number of hydrogen-bond acceptors (Lipinski definition) is 3. The molecule has 2 N–H and O–H groups in total. The first-order valence-electron chi connectivity index (χ1n) is 6.76. The molecule has 20 heavy (non-hydrogen) atoms. The van der Waals surface area contributed by atoms with Crippen LogP contribution in [-0.4, -0.2) is 36.7 Å². The third kappa shape index (κ3) is 5.99. The maximum atomic E-state index is 5.54. The van der Waals surface area contributed by atoms with Crippen molar-refractivity contribution in [2.24, 2.45) is 0 Å². The molecule has 3 nitrogen and oxygen atoms in total. The van der Waals surface area contributed by atoms with Crippen LogP contribution in [0.4, 0.5) is 0 Å². The first kappa shape index (κ1) is 16.1. The van der Waals surface area contributed by atoms with Crippen LogP contribution in [-0.2, 0) is 4.74 Å². The zero-order valence-corrected chi connectivity index (χ0v) is 14.5. The molecule has 0 unspecified atom stereocenters. The molecule has 0 saturated carbocycles. The van der Waals surface area contributed by atoms with Crippen LogP contribution in [0.1, 0.15) is 12.8 Å². The van der Waals surface area contributed by atoms with Gasteiger partial charge in [0.15, 0.2) is 5.11 Å². The van der Waals surface area contributed by atoms with Crippen molar-refractivity contribution < 1.29 is 4.74 Å². The van der Waals surface area contributed by atoms with Gasteiger partial charge in [0.1, 0.15) is 0 Å².